The zero-order valence-electron chi connectivity index (χ0n) is 18.7. The summed E-state index contributed by atoms with van der Waals surface area (Å²) in [6.07, 6.45) is 0. The normalized spacial score (nSPS) is 13.5. The van der Waals surface area contributed by atoms with Crippen LogP contribution >= 0.6 is 11.6 Å². The molecule has 0 bridgehead atoms. The summed E-state index contributed by atoms with van der Waals surface area (Å²) in [4.78, 5) is 28.3. The van der Waals surface area contributed by atoms with Crippen molar-refractivity contribution in [2.45, 2.75) is 13.8 Å². The van der Waals surface area contributed by atoms with Crippen molar-refractivity contribution in [2.75, 3.05) is 24.4 Å². The highest BCUT2D eigenvalue weighted by molar-refractivity contribution is 6.46. The Kier molecular flexibility index (Phi) is 6.11. The number of nitrogens with zero attached hydrogens (tertiary/aromatic N) is 1. The number of amides is 2. The van der Waals surface area contributed by atoms with Crippen LogP contribution in [0.25, 0.3) is 5.57 Å². The van der Waals surface area contributed by atoms with Crippen LogP contribution < -0.4 is 19.7 Å². The zero-order valence-corrected chi connectivity index (χ0v) is 19.5. The molecule has 1 aliphatic rings. The highest BCUT2D eigenvalue weighted by atomic mass is 35.5. The van der Waals surface area contributed by atoms with Gasteiger partial charge in [-0.3, -0.25) is 9.59 Å². The molecule has 168 valence electrons. The van der Waals surface area contributed by atoms with E-state index in [0.29, 0.717) is 39.0 Å². The number of nitrogens with one attached hydrogen (secondary N) is 1. The van der Waals surface area contributed by atoms with E-state index in [2.05, 4.69) is 5.32 Å². The minimum Gasteiger partial charge on any atom is -0.493 e. The Morgan fingerprint density at radius 3 is 2.15 bits per heavy atom. The molecule has 0 unspecified atom stereocenters. The van der Waals surface area contributed by atoms with Gasteiger partial charge in [-0.15, -0.1) is 0 Å². The Bertz CT molecular complexity index is 1280. The Hall–Kier alpha value is -3.77. The number of halogens is 1. The van der Waals surface area contributed by atoms with Crippen molar-refractivity contribution in [3.63, 3.8) is 0 Å². The van der Waals surface area contributed by atoms with Crippen LogP contribution in [0.4, 0.5) is 11.4 Å². The number of aryl methyl sites for hydroxylation is 2. The maximum atomic E-state index is 13.6. The Morgan fingerprint density at radius 1 is 0.818 bits per heavy atom. The van der Waals surface area contributed by atoms with Gasteiger partial charge >= 0.3 is 0 Å². The maximum Gasteiger partial charge on any atom is 0.282 e. The molecule has 0 saturated heterocycles. The maximum absolute atomic E-state index is 13.6. The summed E-state index contributed by atoms with van der Waals surface area (Å²) >= 11 is 6.01. The van der Waals surface area contributed by atoms with Gasteiger partial charge in [0.1, 0.15) is 5.70 Å². The van der Waals surface area contributed by atoms with E-state index in [1.807, 2.05) is 32.0 Å². The van der Waals surface area contributed by atoms with Gasteiger partial charge < -0.3 is 14.8 Å². The number of carbonyl (C=O) groups is 2. The number of ether oxygens (including phenoxy) is 2. The molecule has 0 radical (unpaired) electrons. The van der Waals surface area contributed by atoms with Crippen molar-refractivity contribution in [3.05, 3.63) is 88.1 Å². The number of imide groups is 1. The third-order valence-corrected chi connectivity index (χ3v) is 5.72. The van der Waals surface area contributed by atoms with Gasteiger partial charge in [0.2, 0.25) is 0 Å². The molecule has 6 nitrogen and oxygen atoms in total. The molecule has 1 aliphatic heterocycles. The molecule has 0 saturated carbocycles. The highest BCUT2D eigenvalue weighted by Crippen LogP contribution is 2.37. The molecule has 3 aromatic rings. The van der Waals surface area contributed by atoms with Gasteiger partial charge in [-0.25, -0.2) is 4.90 Å². The summed E-state index contributed by atoms with van der Waals surface area (Å²) in [7, 11) is 3.09. The van der Waals surface area contributed by atoms with E-state index in [1.54, 1.807) is 49.6 Å². The van der Waals surface area contributed by atoms with E-state index in [-0.39, 0.29) is 5.70 Å². The van der Waals surface area contributed by atoms with Crippen LogP contribution in [0, 0.1) is 13.8 Å². The first-order valence-corrected chi connectivity index (χ1v) is 10.7. The largest absolute Gasteiger partial charge is 0.493 e. The van der Waals surface area contributed by atoms with Crippen LogP contribution in [0.1, 0.15) is 16.7 Å². The Balaban J connectivity index is 1.84. The molecule has 3 aromatic carbocycles. The highest BCUT2D eigenvalue weighted by Gasteiger charge is 2.40. The zero-order chi connectivity index (χ0) is 23.7. The average Bonchev–Trinajstić information content (AvgIpc) is 3.04. The average molecular weight is 463 g/mol. The quantitative estimate of drug-likeness (QED) is 0.499. The van der Waals surface area contributed by atoms with Crippen molar-refractivity contribution < 1.29 is 19.1 Å². The molecule has 0 spiro atoms. The summed E-state index contributed by atoms with van der Waals surface area (Å²) in [5, 5.41) is 3.67. The van der Waals surface area contributed by atoms with Crippen LogP contribution in [-0.4, -0.2) is 26.0 Å². The van der Waals surface area contributed by atoms with Crippen molar-refractivity contribution in [3.8, 4) is 11.5 Å². The molecule has 0 aliphatic carbocycles. The molecule has 0 atom stereocenters. The third kappa shape index (κ3) is 4.17. The molecule has 4 rings (SSSR count). The van der Waals surface area contributed by atoms with Crippen LogP contribution in [0.3, 0.4) is 0 Å². The molecular weight excluding hydrogens is 440 g/mol. The molecular formula is C26H23ClN2O4. The SMILES string of the molecule is COc1ccc(NC2=C(c3ccc(C)cc3C)C(=O)N(c3ccc(Cl)cc3)C2=O)cc1OC. The van der Waals surface area contributed by atoms with Crippen molar-refractivity contribution in [1.82, 2.24) is 0 Å². The summed E-state index contributed by atoms with van der Waals surface area (Å²) in [5.74, 6) is 0.204. The van der Waals surface area contributed by atoms with Crippen LogP contribution in [0.15, 0.2) is 66.4 Å². The van der Waals surface area contributed by atoms with Crippen molar-refractivity contribution in [2.24, 2.45) is 0 Å². The first-order valence-electron chi connectivity index (χ1n) is 10.3. The first-order chi connectivity index (χ1) is 15.8. The molecule has 0 fully saturated rings. The predicted octanol–water partition coefficient (Wildman–Crippen LogP) is 5.37. The number of hydrogen-bond acceptors (Lipinski definition) is 5. The fraction of sp³-hybridized carbons (Fsp3) is 0.154. The monoisotopic (exact) mass is 462 g/mol. The van der Waals surface area contributed by atoms with Crippen molar-refractivity contribution in [1.29, 1.82) is 0 Å². The number of rotatable bonds is 6. The van der Waals surface area contributed by atoms with Gasteiger partial charge in [0.25, 0.3) is 11.8 Å². The van der Waals surface area contributed by atoms with E-state index >= 15 is 0 Å². The van der Waals surface area contributed by atoms with Gasteiger partial charge in [-0.2, -0.15) is 0 Å². The van der Waals surface area contributed by atoms with E-state index in [9.17, 15) is 9.59 Å². The lowest BCUT2D eigenvalue weighted by atomic mass is 9.97. The number of carbonyl (C=O) groups excluding carboxylic acids is 2. The summed E-state index contributed by atoms with van der Waals surface area (Å²) in [6.45, 7) is 3.90. The lowest BCUT2D eigenvalue weighted by Crippen LogP contribution is -2.32. The number of anilines is 2. The number of hydrogen-bond donors (Lipinski definition) is 1. The smallest absolute Gasteiger partial charge is 0.282 e. The first kappa shape index (κ1) is 22.4. The second-order valence-corrected chi connectivity index (χ2v) is 8.12. The summed E-state index contributed by atoms with van der Waals surface area (Å²) < 4.78 is 10.7. The van der Waals surface area contributed by atoms with E-state index < -0.39 is 11.8 Å². The standard InChI is InChI=1S/C26H23ClN2O4/c1-15-5-11-20(16(2)13-15)23-24(28-18-8-12-21(32-3)22(14-18)33-4)26(31)29(25(23)30)19-9-6-17(27)7-10-19/h5-14,28H,1-4H3. The van der Waals surface area contributed by atoms with Crippen molar-refractivity contribution >= 4 is 40.4 Å². The Morgan fingerprint density at radius 2 is 1.52 bits per heavy atom. The van der Waals surface area contributed by atoms with Gasteiger partial charge in [-0.05, 0) is 61.4 Å². The second kappa shape index (κ2) is 9.00. The molecule has 1 heterocycles. The molecule has 2 amide bonds. The van der Waals surface area contributed by atoms with Gasteiger partial charge in [0.05, 0.1) is 25.5 Å². The lowest BCUT2D eigenvalue weighted by Gasteiger charge is -2.16. The van der Waals surface area contributed by atoms with Crippen LogP contribution in [-0.2, 0) is 9.59 Å². The number of benzene rings is 3. The van der Waals surface area contributed by atoms with Gasteiger partial charge in [0, 0.05) is 16.8 Å². The van der Waals surface area contributed by atoms with Gasteiger partial charge in [-0.1, -0.05) is 35.4 Å². The molecule has 0 aromatic heterocycles. The van der Waals surface area contributed by atoms with Crippen LogP contribution in [0.5, 0.6) is 11.5 Å². The van der Waals surface area contributed by atoms with E-state index in [4.69, 9.17) is 21.1 Å². The minimum absolute atomic E-state index is 0.189. The van der Waals surface area contributed by atoms with Crippen LogP contribution in [0.2, 0.25) is 5.02 Å². The lowest BCUT2D eigenvalue weighted by molar-refractivity contribution is -0.120. The fourth-order valence-corrected chi connectivity index (χ4v) is 4.00. The minimum atomic E-state index is -0.452. The van der Waals surface area contributed by atoms with E-state index in [1.165, 1.54) is 7.11 Å². The Labute approximate surface area is 197 Å². The summed E-state index contributed by atoms with van der Waals surface area (Å²) in [5.41, 5.74) is 4.19. The molecule has 1 N–H and O–H groups in total. The fourth-order valence-electron chi connectivity index (χ4n) is 3.87. The second-order valence-electron chi connectivity index (χ2n) is 7.69. The topological polar surface area (TPSA) is 67.9 Å². The van der Waals surface area contributed by atoms with E-state index in [0.717, 1.165) is 16.0 Å². The molecule has 7 heteroatoms. The number of methoxy groups -OCH3 is 2. The summed E-state index contributed by atoms with van der Waals surface area (Å²) in [6, 6.07) is 17.6. The van der Waals surface area contributed by atoms with Gasteiger partial charge in [0.15, 0.2) is 11.5 Å². The third-order valence-electron chi connectivity index (χ3n) is 5.47. The predicted molar refractivity (Wildman–Crippen MR) is 130 cm³/mol. The molecule has 33 heavy (non-hydrogen) atoms.